The Morgan fingerprint density at radius 2 is 1.96 bits per heavy atom. The van der Waals surface area contributed by atoms with Gasteiger partial charge in [-0.25, -0.2) is 19.0 Å². The fraction of sp³-hybridized carbons (Fsp3) is 0.125. The number of hydrogen-bond acceptors (Lipinski definition) is 4. The minimum atomic E-state index is -4.52. The molecule has 1 N–H and O–H groups in total. The van der Waals surface area contributed by atoms with E-state index in [0.717, 1.165) is 23.1 Å². The van der Waals surface area contributed by atoms with E-state index >= 15 is 0 Å². The number of alkyl halides is 3. The minimum Gasteiger partial charge on any atom is -0.305 e. The molecule has 0 saturated heterocycles. The van der Waals surface area contributed by atoms with Crippen LogP contribution >= 0.6 is 0 Å². The number of nitrogens with zero attached hydrogens (tertiary/aromatic N) is 4. The molecule has 0 atom stereocenters. The van der Waals surface area contributed by atoms with Gasteiger partial charge in [-0.2, -0.15) is 18.3 Å². The molecule has 3 aromatic rings. The standard InChI is InChI=1S/C16H11F4N5O/c1-9-4-12(25-8-10(6-22-25)16(18,19)20)5-13(23-9)15(26)24-14-3-2-11(17)7-21-14/h2-8H,1H3,(H,21,24,26). The Balaban J connectivity index is 1.88. The molecule has 3 heterocycles. The highest BCUT2D eigenvalue weighted by molar-refractivity contribution is 6.02. The predicted molar refractivity (Wildman–Crippen MR) is 83.2 cm³/mol. The molecule has 6 nitrogen and oxygen atoms in total. The van der Waals surface area contributed by atoms with Gasteiger partial charge in [0.15, 0.2) is 0 Å². The van der Waals surface area contributed by atoms with Crippen molar-refractivity contribution in [1.82, 2.24) is 19.7 Å². The lowest BCUT2D eigenvalue weighted by molar-refractivity contribution is -0.137. The van der Waals surface area contributed by atoms with E-state index in [4.69, 9.17) is 0 Å². The van der Waals surface area contributed by atoms with Crippen molar-refractivity contribution in [2.24, 2.45) is 0 Å². The summed E-state index contributed by atoms with van der Waals surface area (Å²) in [6.45, 7) is 1.59. The number of nitrogens with one attached hydrogen (secondary N) is 1. The summed E-state index contributed by atoms with van der Waals surface area (Å²) in [5, 5.41) is 6.10. The van der Waals surface area contributed by atoms with Crippen LogP contribution in [0.4, 0.5) is 23.4 Å². The molecule has 3 aromatic heterocycles. The second-order valence-electron chi connectivity index (χ2n) is 5.34. The molecule has 0 bridgehead atoms. The largest absolute Gasteiger partial charge is 0.419 e. The molecule has 0 aromatic carbocycles. The van der Waals surface area contributed by atoms with Crippen LogP contribution in [0.1, 0.15) is 21.7 Å². The van der Waals surface area contributed by atoms with Crippen molar-refractivity contribution in [2.45, 2.75) is 13.1 Å². The third-order valence-corrected chi connectivity index (χ3v) is 3.31. The maximum absolute atomic E-state index is 12.8. The Hall–Kier alpha value is -3.30. The van der Waals surface area contributed by atoms with Crippen LogP contribution in [0, 0.1) is 12.7 Å². The molecule has 0 radical (unpaired) electrons. The van der Waals surface area contributed by atoms with E-state index in [9.17, 15) is 22.4 Å². The Morgan fingerprint density at radius 1 is 1.19 bits per heavy atom. The van der Waals surface area contributed by atoms with Gasteiger partial charge in [-0.15, -0.1) is 0 Å². The van der Waals surface area contributed by atoms with Crippen LogP contribution in [0.25, 0.3) is 5.69 Å². The summed E-state index contributed by atoms with van der Waals surface area (Å²) >= 11 is 0. The van der Waals surface area contributed by atoms with Crippen molar-refractivity contribution < 1.29 is 22.4 Å². The van der Waals surface area contributed by atoms with Crippen LogP contribution in [0.3, 0.4) is 0 Å². The highest BCUT2D eigenvalue weighted by Crippen LogP contribution is 2.29. The molecule has 0 aliphatic carbocycles. The second-order valence-corrected chi connectivity index (χ2v) is 5.34. The van der Waals surface area contributed by atoms with Crippen molar-refractivity contribution in [3.8, 4) is 5.69 Å². The van der Waals surface area contributed by atoms with Crippen LogP contribution in [-0.4, -0.2) is 25.7 Å². The van der Waals surface area contributed by atoms with Gasteiger partial charge in [0.2, 0.25) is 0 Å². The number of aromatic nitrogens is 4. The van der Waals surface area contributed by atoms with Crippen molar-refractivity contribution in [1.29, 1.82) is 0 Å². The Labute approximate surface area is 144 Å². The van der Waals surface area contributed by atoms with Gasteiger partial charge in [0.05, 0.1) is 23.6 Å². The zero-order valence-corrected chi connectivity index (χ0v) is 13.3. The number of rotatable bonds is 3. The fourth-order valence-corrected chi connectivity index (χ4v) is 2.14. The van der Waals surface area contributed by atoms with E-state index in [1.54, 1.807) is 6.92 Å². The first-order valence-corrected chi connectivity index (χ1v) is 7.26. The molecular weight excluding hydrogens is 354 g/mol. The van der Waals surface area contributed by atoms with Gasteiger partial charge in [-0.3, -0.25) is 4.79 Å². The lowest BCUT2D eigenvalue weighted by atomic mass is 10.2. The summed E-state index contributed by atoms with van der Waals surface area (Å²) in [4.78, 5) is 20.0. The summed E-state index contributed by atoms with van der Waals surface area (Å²) in [6.07, 6.45) is -2.07. The van der Waals surface area contributed by atoms with E-state index in [-0.39, 0.29) is 17.2 Å². The van der Waals surface area contributed by atoms with E-state index in [1.165, 1.54) is 18.2 Å². The zero-order chi connectivity index (χ0) is 18.9. The third-order valence-electron chi connectivity index (χ3n) is 3.31. The van der Waals surface area contributed by atoms with Gasteiger partial charge < -0.3 is 5.32 Å². The highest BCUT2D eigenvalue weighted by atomic mass is 19.4. The van der Waals surface area contributed by atoms with Crippen LogP contribution in [0.15, 0.2) is 42.9 Å². The molecule has 0 unspecified atom stereocenters. The molecule has 3 rings (SSSR count). The molecule has 0 fully saturated rings. The molecule has 0 saturated carbocycles. The van der Waals surface area contributed by atoms with Gasteiger partial charge in [-0.05, 0) is 31.2 Å². The first kappa shape index (κ1) is 17.5. The maximum Gasteiger partial charge on any atom is 0.419 e. The summed E-state index contributed by atoms with van der Waals surface area (Å²) in [5.41, 5.74) is -0.308. The van der Waals surface area contributed by atoms with Crippen molar-refractivity contribution in [3.05, 3.63) is 65.6 Å². The number of aryl methyl sites for hydroxylation is 1. The van der Waals surface area contributed by atoms with Gasteiger partial charge in [-0.1, -0.05) is 0 Å². The van der Waals surface area contributed by atoms with Crippen LogP contribution in [0.5, 0.6) is 0 Å². The first-order chi connectivity index (χ1) is 12.2. The number of pyridine rings is 2. The molecule has 1 amide bonds. The summed E-state index contributed by atoms with van der Waals surface area (Å²) in [5.74, 6) is -1.09. The van der Waals surface area contributed by atoms with Gasteiger partial charge >= 0.3 is 6.18 Å². The molecular formula is C16H11F4N5O. The monoisotopic (exact) mass is 365 g/mol. The SMILES string of the molecule is Cc1cc(-n2cc(C(F)(F)F)cn2)cc(C(=O)Nc2ccc(F)cn2)n1. The summed E-state index contributed by atoms with van der Waals surface area (Å²) in [6, 6.07) is 5.17. The average Bonchev–Trinajstić information content (AvgIpc) is 3.07. The highest BCUT2D eigenvalue weighted by Gasteiger charge is 2.32. The van der Waals surface area contributed by atoms with Gasteiger partial charge in [0.1, 0.15) is 17.3 Å². The Morgan fingerprint density at radius 3 is 2.58 bits per heavy atom. The van der Waals surface area contributed by atoms with Crippen molar-refractivity contribution >= 4 is 11.7 Å². The molecule has 134 valence electrons. The molecule has 26 heavy (non-hydrogen) atoms. The number of halogens is 4. The van der Waals surface area contributed by atoms with E-state index in [0.29, 0.717) is 11.9 Å². The quantitative estimate of drug-likeness (QED) is 0.723. The zero-order valence-electron chi connectivity index (χ0n) is 13.3. The Bertz CT molecular complexity index is 950. The second kappa shape index (κ2) is 6.54. The summed E-state index contributed by atoms with van der Waals surface area (Å²) in [7, 11) is 0. The fourth-order valence-electron chi connectivity index (χ4n) is 2.14. The molecule has 10 heteroatoms. The predicted octanol–water partition coefficient (Wildman–Crippen LogP) is 3.38. The third kappa shape index (κ3) is 3.85. The smallest absolute Gasteiger partial charge is 0.305 e. The topological polar surface area (TPSA) is 72.7 Å². The lowest BCUT2D eigenvalue weighted by Crippen LogP contribution is -2.16. The average molecular weight is 365 g/mol. The number of carbonyl (C=O) groups is 1. The number of amides is 1. The van der Waals surface area contributed by atoms with E-state index in [1.807, 2.05) is 0 Å². The first-order valence-electron chi connectivity index (χ1n) is 7.26. The van der Waals surface area contributed by atoms with E-state index < -0.39 is 23.5 Å². The number of carbonyl (C=O) groups excluding carboxylic acids is 1. The van der Waals surface area contributed by atoms with Crippen LogP contribution in [0.2, 0.25) is 0 Å². The van der Waals surface area contributed by atoms with Gasteiger partial charge in [0, 0.05) is 11.9 Å². The number of anilines is 1. The van der Waals surface area contributed by atoms with Crippen LogP contribution in [-0.2, 0) is 6.18 Å². The summed E-state index contributed by atoms with van der Waals surface area (Å²) < 4.78 is 52.0. The number of hydrogen-bond donors (Lipinski definition) is 1. The normalized spacial score (nSPS) is 11.4. The molecule has 0 aliphatic heterocycles. The van der Waals surface area contributed by atoms with Crippen LogP contribution < -0.4 is 5.32 Å². The maximum atomic E-state index is 12.8. The minimum absolute atomic E-state index is 0.0461. The molecule has 0 aliphatic rings. The van der Waals surface area contributed by atoms with Crippen molar-refractivity contribution in [2.75, 3.05) is 5.32 Å². The lowest BCUT2D eigenvalue weighted by Gasteiger charge is -2.08. The van der Waals surface area contributed by atoms with Gasteiger partial charge in [0.25, 0.3) is 5.91 Å². The van der Waals surface area contributed by atoms with E-state index in [2.05, 4.69) is 20.4 Å². The Kier molecular flexibility index (Phi) is 4.41. The molecule has 0 spiro atoms. The van der Waals surface area contributed by atoms with Crippen molar-refractivity contribution in [3.63, 3.8) is 0 Å².